The van der Waals surface area contributed by atoms with Gasteiger partial charge in [-0.3, -0.25) is 4.79 Å². The zero-order valence-electron chi connectivity index (χ0n) is 16.1. The van der Waals surface area contributed by atoms with E-state index >= 15 is 0 Å². The molecule has 0 heterocycles. The summed E-state index contributed by atoms with van der Waals surface area (Å²) in [5.41, 5.74) is 2.36. The van der Waals surface area contributed by atoms with E-state index < -0.39 is 0 Å². The molecule has 0 unspecified atom stereocenters. The van der Waals surface area contributed by atoms with E-state index in [0.717, 1.165) is 31.4 Å². The maximum atomic E-state index is 12.1. The molecule has 0 aliphatic heterocycles. The average Bonchev–Trinajstić information content (AvgIpc) is 2.62. The van der Waals surface area contributed by atoms with Crippen molar-refractivity contribution in [2.75, 3.05) is 20.6 Å². The van der Waals surface area contributed by atoms with Gasteiger partial charge in [0, 0.05) is 16.2 Å². The largest absolute Gasteiger partial charge is 0.309 e. The van der Waals surface area contributed by atoms with Crippen molar-refractivity contribution in [3.8, 4) is 0 Å². The predicted molar refractivity (Wildman–Crippen MR) is 113 cm³/mol. The zero-order chi connectivity index (χ0) is 18.8. The first-order chi connectivity index (χ1) is 12.5. The van der Waals surface area contributed by atoms with Crippen LogP contribution in [0, 0.1) is 6.92 Å². The summed E-state index contributed by atoms with van der Waals surface area (Å²) in [4.78, 5) is 16.7. The molecule has 2 aromatic carbocycles. The van der Waals surface area contributed by atoms with Crippen LogP contribution in [0.2, 0.25) is 0 Å². The molecule has 0 saturated heterocycles. The number of aryl methyl sites for hydroxylation is 1. The Morgan fingerprint density at radius 2 is 1.73 bits per heavy atom. The van der Waals surface area contributed by atoms with Gasteiger partial charge in [0.1, 0.15) is 0 Å². The zero-order valence-corrected chi connectivity index (χ0v) is 16.9. The predicted octanol–water partition coefficient (Wildman–Crippen LogP) is 5.85. The van der Waals surface area contributed by atoms with Crippen molar-refractivity contribution in [1.29, 1.82) is 0 Å². The third-order valence-corrected chi connectivity index (χ3v) is 5.24. The Morgan fingerprint density at radius 1 is 1.00 bits per heavy atom. The van der Waals surface area contributed by atoms with Crippen molar-refractivity contribution in [3.05, 3.63) is 65.7 Å². The molecular formula is C23H29NOS. The lowest BCUT2D eigenvalue weighted by molar-refractivity contribution is -0.114. The van der Waals surface area contributed by atoms with E-state index in [1.165, 1.54) is 15.4 Å². The lowest BCUT2D eigenvalue weighted by atomic mass is 10.1. The SMILES string of the molecule is Cc1ccc(Sc2ccccc2/C=C\C(=O)CCCCCN(C)C)cc1. The Labute approximate surface area is 162 Å². The highest BCUT2D eigenvalue weighted by atomic mass is 32.2. The number of carbonyl (C=O) groups excluding carboxylic acids is 1. The summed E-state index contributed by atoms with van der Waals surface area (Å²) in [6, 6.07) is 16.8. The molecule has 3 heteroatoms. The molecule has 0 aromatic heterocycles. The third-order valence-electron chi connectivity index (χ3n) is 4.15. The minimum Gasteiger partial charge on any atom is -0.309 e. The van der Waals surface area contributed by atoms with Gasteiger partial charge < -0.3 is 4.90 Å². The van der Waals surface area contributed by atoms with Crippen molar-refractivity contribution < 1.29 is 4.79 Å². The standard InChI is InChI=1S/C23H29NOS/c1-19-12-16-22(17-13-19)26-23-11-7-6-9-20(23)14-15-21(25)10-5-4-8-18-24(2)3/h6-7,9,11-17H,4-5,8,10,18H2,1-3H3/b15-14-. The smallest absolute Gasteiger partial charge is 0.155 e. The molecule has 0 amide bonds. The van der Waals surface area contributed by atoms with Crippen LogP contribution in [-0.2, 0) is 4.79 Å². The molecule has 0 saturated carbocycles. The molecule has 2 rings (SSSR count). The number of benzene rings is 2. The Kier molecular flexibility index (Phi) is 8.66. The third kappa shape index (κ3) is 7.59. The highest BCUT2D eigenvalue weighted by molar-refractivity contribution is 7.99. The summed E-state index contributed by atoms with van der Waals surface area (Å²) in [7, 11) is 4.17. The van der Waals surface area contributed by atoms with Crippen molar-refractivity contribution in [2.45, 2.75) is 42.4 Å². The molecule has 0 spiro atoms. The summed E-state index contributed by atoms with van der Waals surface area (Å²) < 4.78 is 0. The van der Waals surface area contributed by atoms with Crippen LogP contribution in [0.15, 0.2) is 64.4 Å². The van der Waals surface area contributed by atoms with E-state index in [-0.39, 0.29) is 5.78 Å². The van der Waals surface area contributed by atoms with Gasteiger partial charge in [-0.15, -0.1) is 0 Å². The van der Waals surface area contributed by atoms with Crippen LogP contribution in [0.5, 0.6) is 0 Å². The quantitative estimate of drug-likeness (QED) is 0.388. The van der Waals surface area contributed by atoms with Gasteiger partial charge in [-0.1, -0.05) is 60.2 Å². The number of carbonyl (C=O) groups is 1. The van der Waals surface area contributed by atoms with Crippen molar-refractivity contribution in [1.82, 2.24) is 4.90 Å². The average molecular weight is 368 g/mol. The van der Waals surface area contributed by atoms with Crippen LogP contribution in [0.1, 0.15) is 36.8 Å². The minimum atomic E-state index is 0.213. The number of nitrogens with zero attached hydrogens (tertiary/aromatic N) is 1. The summed E-state index contributed by atoms with van der Waals surface area (Å²) in [6.45, 7) is 3.19. The summed E-state index contributed by atoms with van der Waals surface area (Å²) in [6.07, 6.45) is 7.56. The van der Waals surface area contributed by atoms with Gasteiger partial charge in [-0.2, -0.15) is 0 Å². The molecule has 2 aromatic rings. The highest BCUT2D eigenvalue weighted by Gasteiger charge is 2.03. The summed E-state index contributed by atoms with van der Waals surface area (Å²) in [5.74, 6) is 0.213. The number of ketones is 1. The monoisotopic (exact) mass is 367 g/mol. The van der Waals surface area contributed by atoms with Crippen LogP contribution in [0.4, 0.5) is 0 Å². The second-order valence-corrected chi connectivity index (χ2v) is 7.98. The Hall–Kier alpha value is -1.84. The molecule has 138 valence electrons. The van der Waals surface area contributed by atoms with Crippen LogP contribution in [0.3, 0.4) is 0 Å². The van der Waals surface area contributed by atoms with Gasteiger partial charge >= 0.3 is 0 Å². The molecule has 0 bridgehead atoms. The van der Waals surface area contributed by atoms with E-state index in [1.54, 1.807) is 17.8 Å². The van der Waals surface area contributed by atoms with Gasteiger partial charge in [0.15, 0.2) is 5.78 Å². The fourth-order valence-corrected chi connectivity index (χ4v) is 3.54. The van der Waals surface area contributed by atoms with Gasteiger partial charge in [0.05, 0.1) is 0 Å². The van der Waals surface area contributed by atoms with Crippen LogP contribution in [0.25, 0.3) is 6.08 Å². The molecule has 0 aliphatic rings. The van der Waals surface area contributed by atoms with Crippen molar-refractivity contribution >= 4 is 23.6 Å². The van der Waals surface area contributed by atoms with Gasteiger partial charge in [0.25, 0.3) is 0 Å². The number of allylic oxidation sites excluding steroid dienone is 1. The Bertz CT molecular complexity index is 719. The first kappa shape index (κ1) is 20.5. The van der Waals surface area contributed by atoms with E-state index in [4.69, 9.17) is 0 Å². The normalized spacial score (nSPS) is 11.4. The highest BCUT2D eigenvalue weighted by Crippen LogP contribution is 2.31. The summed E-state index contributed by atoms with van der Waals surface area (Å²) >= 11 is 1.73. The summed E-state index contributed by atoms with van der Waals surface area (Å²) in [5, 5.41) is 0. The number of unbranched alkanes of at least 4 members (excludes halogenated alkanes) is 2. The van der Waals surface area contributed by atoms with Crippen LogP contribution >= 0.6 is 11.8 Å². The van der Waals surface area contributed by atoms with Gasteiger partial charge in [-0.05, 0) is 70.2 Å². The van der Waals surface area contributed by atoms with Crippen LogP contribution in [-0.4, -0.2) is 31.3 Å². The lowest BCUT2D eigenvalue weighted by Gasteiger charge is -2.08. The number of hydrogen-bond donors (Lipinski definition) is 0. The first-order valence-electron chi connectivity index (χ1n) is 9.24. The van der Waals surface area contributed by atoms with Crippen molar-refractivity contribution in [3.63, 3.8) is 0 Å². The molecule has 2 nitrogen and oxygen atoms in total. The molecule has 0 aliphatic carbocycles. The maximum absolute atomic E-state index is 12.1. The van der Waals surface area contributed by atoms with Gasteiger partial charge in [0.2, 0.25) is 0 Å². The molecule has 0 fully saturated rings. The number of rotatable bonds is 10. The molecule has 0 radical (unpaired) electrons. The molecule has 0 N–H and O–H groups in total. The molecule has 26 heavy (non-hydrogen) atoms. The van der Waals surface area contributed by atoms with Crippen molar-refractivity contribution in [2.24, 2.45) is 0 Å². The van der Waals surface area contributed by atoms with E-state index in [1.807, 2.05) is 18.2 Å². The lowest BCUT2D eigenvalue weighted by Crippen LogP contribution is -2.12. The van der Waals surface area contributed by atoms with Crippen LogP contribution < -0.4 is 0 Å². The first-order valence-corrected chi connectivity index (χ1v) is 10.1. The second kappa shape index (κ2) is 11.0. The Morgan fingerprint density at radius 3 is 2.46 bits per heavy atom. The molecular weight excluding hydrogens is 338 g/mol. The van der Waals surface area contributed by atoms with E-state index in [9.17, 15) is 4.79 Å². The fraction of sp³-hybridized carbons (Fsp3) is 0.348. The minimum absolute atomic E-state index is 0.213. The van der Waals surface area contributed by atoms with E-state index in [0.29, 0.717) is 6.42 Å². The topological polar surface area (TPSA) is 20.3 Å². The van der Waals surface area contributed by atoms with Gasteiger partial charge in [-0.25, -0.2) is 0 Å². The Balaban J connectivity index is 1.89. The maximum Gasteiger partial charge on any atom is 0.155 e. The number of hydrogen-bond acceptors (Lipinski definition) is 3. The van der Waals surface area contributed by atoms with E-state index in [2.05, 4.69) is 62.3 Å². The second-order valence-electron chi connectivity index (χ2n) is 6.87. The molecule has 0 atom stereocenters. The fourth-order valence-electron chi connectivity index (χ4n) is 2.61.